The monoisotopic (exact) mass is 607 g/mol. The number of ether oxygens (including phenoxy) is 4. The molecule has 2 aliphatic rings. The summed E-state index contributed by atoms with van der Waals surface area (Å²) in [5, 5.41) is 3.47. The lowest BCUT2D eigenvalue weighted by atomic mass is 9.81. The first-order valence-corrected chi connectivity index (χ1v) is 15.0. The van der Waals surface area contributed by atoms with E-state index in [0.29, 0.717) is 47.4 Å². The van der Waals surface area contributed by atoms with Gasteiger partial charge in [0.05, 0.1) is 24.4 Å². The first-order chi connectivity index (χ1) is 20.7. The Labute approximate surface area is 257 Å². The molecule has 9 nitrogen and oxygen atoms in total. The second-order valence-electron chi connectivity index (χ2n) is 11.4. The van der Waals surface area contributed by atoms with Crippen molar-refractivity contribution in [2.24, 2.45) is 0 Å². The molecule has 10 heteroatoms. The van der Waals surface area contributed by atoms with Crippen molar-refractivity contribution in [3.63, 3.8) is 0 Å². The van der Waals surface area contributed by atoms with Gasteiger partial charge in [0.15, 0.2) is 11.5 Å². The van der Waals surface area contributed by atoms with Crippen LogP contribution in [0.4, 0.5) is 0 Å². The van der Waals surface area contributed by atoms with Gasteiger partial charge in [0.25, 0.3) is 5.91 Å². The first kappa shape index (κ1) is 30.6. The summed E-state index contributed by atoms with van der Waals surface area (Å²) in [4.78, 5) is 33.5. The molecule has 0 radical (unpaired) electrons. The number of pyridine rings is 1. The standard InChI is InChI=1S/C33H38ClN3O6/c1-21-17-28-29(43-20-42-28)19-24(21)23-10-12-26(31(38)36-33(32(39)40-4)13-6-5-7-14-33)35-30(23)22-9-11-25(34)27(18-22)41-16-8-15-37(2)3/h9-12,17-19H,5-8,13-16,20H2,1-4H3,(H,36,38). The summed E-state index contributed by atoms with van der Waals surface area (Å²) in [6.45, 7) is 3.54. The van der Waals surface area contributed by atoms with Gasteiger partial charge in [0.2, 0.25) is 6.79 Å². The van der Waals surface area contributed by atoms with Crippen LogP contribution in [0.5, 0.6) is 17.2 Å². The van der Waals surface area contributed by atoms with E-state index in [1.54, 1.807) is 12.1 Å². The van der Waals surface area contributed by atoms with Crippen LogP contribution in [0.15, 0.2) is 42.5 Å². The minimum Gasteiger partial charge on any atom is -0.492 e. The number of hydrogen-bond donors (Lipinski definition) is 1. The van der Waals surface area contributed by atoms with Gasteiger partial charge in [-0.2, -0.15) is 0 Å². The summed E-state index contributed by atoms with van der Waals surface area (Å²) < 4.78 is 22.4. The van der Waals surface area contributed by atoms with Crippen LogP contribution in [0.3, 0.4) is 0 Å². The lowest BCUT2D eigenvalue weighted by molar-refractivity contribution is -0.149. The van der Waals surface area contributed by atoms with Crippen molar-refractivity contribution in [3.05, 3.63) is 58.7 Å². The molecular formula is C33H38ClN3O6. The predicted molar refractivity (Wildman–Crippen MR) is 165 cm³/mol. The largest absolute Gasteiger partial charge is 0.492 e. The van der Waals surface area contributed by atoms with E-state index in [2.05, 4.69) is 10.2 Å². The Morgan fingerprint density at radius 2 is 1.77 bits per heavy atom. The molecule has 228 valence electrons. The maximum atomic E-state index is 13.7. The third kappa shape index (κ3) is 6.73. The van der Waals surface area contributed by atoms with E-state index >= 15 is 0 Å². The second-order valence-corrected chi connectivity index (χ2v) is 11.8. The SMILES string of the molecule is COC(=O)C1(NC(=O)c2ccc(-c3cc4c(cc3C)OCO4)c(-c3ccc(Cl)c(OCCCN(C)C)c3)n2)CCCCC1. The molecule has 1 aliphatic carbocycles. The third-order valence-electron chi connectivity index (χ3n) is 7.99. The zero-order chi connectivity index (χ0) is 30.6. The number of aromatic nitrogens is 1. The average molecular weight is 608 g/mol. The highest BCUT2D eigenvalue weighted by atomic mass is 35.5. The zero-order valence-corrected chi connectivity index (χ0v) is 25.9. The highest BCUT2D eigenvalue weighted by molar-refractivity contribution is 6.32. The number of halogens is 1. The van der Waals surface area contributed by atoms with Crippen molar-refractivity contribution in [1.29, 1.82) is 0 Å². The predicted octanol–water partition coefficient (Wildman–Crippen LogP) is 6.04. The number of esters is 1. The quantitative estimate of drug-likeness (QED) is 0.220. The summed E-state index contributed by atoms with van der Waals surface area (Å²) in [7, 11) is 5.39. The first-order valence-electron chi connectivity index (χ1n) is 14.6. The number of nitrogens with zero attached hydrogens (tertiary/aromatic N) is 2. The van der Waals surface area contributed by atoms with E-state index in [1.807, 2.05) is 51.4 Å². The summed E-state index contributed by atoms with van der Waals surface area (Å²) in [6, 6.07) is 12.9. The minimum atomic E-state index is -1.06. The number of aryl methyl sites for hydroxylation is 1. The van der Waals surface area contributed by atoms with Gasteiger partial charge in [-0.3, -0.25) is 4.79 Å². The van der Waals surface area contributed by atoms with E-state index in [1.165, 1.54) is 7.11 Å². The van der Waals surface area contributed by atoms with Crippen LogP contribution < -0.4 is 19.5 Å². The molecule has 2 heterocycles. The highest BCUT2D eigenvalue weighted by Crippen LogP contribution is 2.42. The molecule has 0 bridgehead atoms. The molecule has 0 unspecified atom stereocenters. The summed E-state index contributed by atoms with van der Waals surface area (Å²) in [5.41, 5.74) is 3.08. The van der Waals surface area contributed by atoms with Crippen LogP contribution in [0.2, 0.25) is 5.02 Å². The maximum Gasteiger partial charge on any atom is 0.331 e. The van der Waals surface area contributed by atoms with Crippen LogP contribution in [-0.2, 0) is 9.53 Å². The number of carbonyl (C=O) groups is 2. The van der Waals surface area contributed by atoms with Crippen LogP contribution in [0.25, 0.3) is 22.4 Å². The number of rotatable bonds is 10. The molecule has 1 N–H and O–H groups in total. The van der Waals surface area contributed by atoms with Crippen molar-refractivity contribution in [3.8, 4) is 39.6 Å². The van der Waals surface area contributed by atoms with Crippen LogP contribution >= 0.6 is 11.6 Å². The number of fused-ring (bicyclic) bond motifs is 1. The van der Waals surface area contributed by atoms with Gasteiger partial charge in [0.1, 0.15) is 17.0 Å². The van der Waals surface area contributed by atoms with Crippen molar-refractivity contribution in [2.45, 2.75) is 51.0 Å². The molecule has 0 atom stereocenters. The molecule has 0 saturated heterocycles. The number of carbonyl (C=O) groups excluding carboxylic acids is 2. The Kier molecular flexibility index (Phi) is 9.42. The Hall–Kier alpha value is -3.82. The van der Waals surface area contributed by atoms with Gasteiger partial charge in [-0.1, -0.05) is 36.9 Å². The zero-order valence-electron chi connectivity index (χ0n) is 25.1. The van der Waals surface area contributed by atoms with Gasteiger partial charge in [-0.05, 0) is 87.8 Å². The second kappa shape index (κ2) is 13.2. The Bertz CT molecular complexity index is 1500. The molecular weight excluding hydrogens is 570 g/mol. The fraction of sp³-hybridized carbons (Fsp3) is 0.424. The fourth-order valence-electron chi connectivity index (χ4n) is 5.69. The number of benzene rings is 2. The fourth-order valence-corrected chi connectivity index (χ4v) is 5.87. The summed E-state index contributed by atoms with van der Waals surface area (Å²) >= 11 is 6.53. The van der Waals surface area contributed by atoms with E-state index in [0.717, 1.165) is 54.5 Å². The maximum absolute atomic E-state index is 13.7. The lowest BCUT2D eigenvalue weighted by Crippen LogP contribution is -2.56. The Morgan fingerprint density at radius 1 is 1.02 bits per heavy atom. The summed E-state index contributed by atoms with van der Waals surface area (Å²) in [5.74, 6) is 1.01. The highest BCUT2D eigenvalue weighted by Gasteiger charge is 2.42. The number of amides is 1. The molecule has 1 aromatic heterocycles. The molecule has 43 heavy (non-hydrogen) atoms. The molecule has 3 aromatic rings. The van der Waals surface area contributed by atoms with Gasteiger partial charge in [-0.15, -0.1) is 0 Å². The number of hydrogen-bond acceptors (Lipinski definition) is 8. The van der Waals surface area contributed by atoms with Gasteiger partial charge >= 0.3 is 5.97 Å². The molecule has 2 aromatic carbocycles. The molecule has 1 saturated carbocycles. The Balaban J connectivity index is 1.55. The van der Waals surface area contributed by atoms with Crippen molar-refractivity contribution < 1.29 is 28.5 Å². The third-order valence-corrected chi connectivity index (χ3v) is 8.30. The number of methoxy groups -OCH3 is 1. The molecule has 1 amide bonds. The summed E-state index contributed by atoms with van der Waals surface area (Å²) in [6.07, 6.45) is 4.57. The van der Waals surface area contributed by atoms with Crippen LogP contribution in [0.1, 0.15) is 54.6 Å². The van der Waals surface area contributed by atoms with Crippen molar-refractivity contribution in [2.75, 3.05) is 41.1 Å². The molecule has 1 fully saturated rings. The van der Waals surface area contributed by atoms with Crippen molar-refractivity contribution in [1.82, 2.24) is 15.2 Å². The lowest BCUT2D eigenvalue weighted by Gasteiger charge is -2.35. The van der Waals surface area contributed by atoms with Crippen LogP contribution in [0, 0.1) is 6.92 Å². The topological polar surface area (TPSA) is 99.2 Å². The molecule has 5 rings (SSSR count). The molecule has 0 spiro atoms. The van der Waals surface area contributed by atoms with Gasteiger partial charge in [-0.25, -0.2) is 9.78 Å². The van der Waals surface area contributed by atoms with Gasteiger partial charge < -0.3 is 29.2 Å². The molecule has 1 aliphatic heterocycles. The van der Waals surface area contributed by atoms with Gasteiger partial charge in [0, 0.05) is 17.7 Å². The van der Waals surface area contributed by atoms with E-state index in [-0.39, 0.29) is 12.5 Å². The van der Waals surface area contributed by atoms with Crippen molar-refractivity contribution >= 4 is 23.5 Å². The Morgan fingerprint density at radius 3 is 2.49 bits per heavy atom. The van der Waals surface area contributed by atoms with E-state index in [4.69, 9.17) is 35.5 Å². The smallest absolute Gasteiger partial charge is 0.331 e. The normalized spacial score (nSPS) is 15.3. The number of nitrogens with one attached hydrogen (secondary N) is 1. The van der Waals surface area contributed by atoms with E-state index in [9.17, 15) is 9.59 Å². The average Bonchev–Trinajstić information content (AvgIpc) is 3.46. The minimum absolute atomic E-state index is 0.163. The van der Waals surface area contributed by atoms with E-state index < -0.39 is 17.4 Å². The van der Waals surface area contributed by atoms with Crippen LogP contribution in [-0.4, -0.2) is 68.4 Å².